The Hall–Kier alpha value is -3.21. The summed E-state index contributed by atoms with van der Waals surface area (Å²) in [4.78, 5) is 17.1. The first-order chi connectivity index (χ1) is 17.2. The third kappa shape index (κ3) is 6.51. The summed E-state index contributed by atoms with van der Waals surface area (Å²) in [6.45, 7) is 5.25. The molecule has 0 atom stereocenters. The minimum absolute atomic E-state index is 0.0980. The fourth-order valence-electron chi connectivity index (χ4n) is 5.25. The largest absolute Gasteiger partial charge is 0.417 e. The Bertz CT molecular complexity index is 1080. The van der Waals surface area contributed by atoms with Gasteiger partial charge < -0.3 is 15.1 Å². The van der Waals surface area contributed by atoms with Gasteiger partial charge in [0.2, 0.25) is 5.91 Å². The van der Waals surface area contributed by atoms with Crippen molar-refractivity contribution in [1.82, 2.24) is 4.90 Å². The third-order valence-electron chi connectivity index (χ3n) is 7.46. The Morgan fingerprint density at radius 2 is 1.69 bits per heavy atom. The lowest BCUT2D eigenvalue weighted by Crippen LogP contribution is -2.48. The van der Waals surface area contributed by atoms with Crippen LogP contribution in [-0.4, -0.2) is 43.0 Å². The molecule has 2 fully saturated rings. The second-order valence-corrected chi connectivity index (χ2v) is 9.97. The van der Waals surface area contributed by atoms with Crippen molar-refractivity contribution in [1.29, 1.82) is 5.26 Å². The van der Waals surface area contributed by atoms with Gasteiger partial charge in [0.05, 0.1) is 17.2 Å². The Balaban J connectivity index is 1.19. The lowest BCUT2D eigenvalue weighted by Gasteiger charge is -2.36. The highest BCUT2D eigenvalue weighted by atomic mass is 19.4. The van der Waals surface area contributed by atoms with Crippen molar-refractivity contribution >= 4 is 17.3 Å². The van der Waals surface area contributed by atoms with Gasteiger partial charge in [0.25, 0.3) is 0 Å². The number of nitrogens with one attached hydrogen (secondary N) is 1. The van der Waals surface area contributed by atoms with Crippen LogP contribution in [0.1, 0.15) is 55.2 Å². The third-order valence-corrected chi connectivity index (χ3v) is 7.46. The number of carbonyl (C=O) groups excluding carboxylic acids is 1. The summed E-state index contributed by atoms with van der Waals surface area (Å²) in [6, 6.07) is 14.0. The second-order valence-electron chi connectivity index (χ2n) is 9.97. The van der Waals surface area contributed by atoms with Gasteiger partial charge in [-0.3, -0.25) is 4.79 Å². The molecule has 1 saturated heterocycles. The molecule has 0 unspecified atom stereocenters. The zero-order valence-electron chi connectivity index (χ0n) is 20.7. The molecule has 1 aliphatic heterocycles. The van der Waals surface area contributed by atoms with Gasteiger partial charge in [0, 0.05) is 50.0 Å². The number of carbonyl (C=O) groups is 1. The van der Waals surface area contributed by atoms with Crippen molar-refractivity contribution in [2.45, 2.75) is 57.7 Å². The van der Waals surface area contributed by atoms with Crippen molar-refractivity contribution in [2.24, 2.45) is 5.92 Å². The number of hydrogen-bond acceptors (Lipinski definition) is 4. The molecule has 0 radical (unpaired) electrons. The molecule has 36 heavy (non-hydrogen) atoms. The van der Waals surface area contributed by atoms with Crippen LogP contribution in [0.15, 0.2) is 42.5 Å². The zero-order chi connectivity index (χ0) is 25.7. The van der Waals surface area contributed by atoms with Crippen LogP contribution in [0.2, 0.25) is 0 Å². The first-order valence-corrected chi connectivity index (χ1v) is 12.7. The molecular formula is C28H33F3N4O. The number of aryl methyl sites for hydroxylation is 1. The van der Waals surface area contributed by atoms with E-state index in [0.29, 0.717) is 18.0 Å². The maximum atomic E-state index is 13.2. The van der Waals surface area contributed by atoms with Gasteiger partial charge in [-0.25, -0.2) is 0 Å². The zero-order valence-corrected chi connectivity index (χ0v) is 20.7. The van der Waals surface area contributed by atoms with E-state index in [9.17, 15) is 18.0 Å². The number of amides is 1. The molecule has 0 spiro atoms. The monoisotopic (exact) mass is 498 g/mol. The fourth-order valence-corrected chi connectivity index (χ4v) is 5.25. The van der Waals surface area contributed by atoms with E-state index in [4.69, 9.17) is 5.26 Å². The summed E-state index contributed by atoms with van der Waals surface area (Å²) in [5, 5.41) is 12.2. The number of benzene rings is 2. The van der Waals surface area contributed by atoms with E-state index in [-0.39, 0.29) is 17.5 Å². The van der Waals surface area contributed by atoms with Crippen molar-refractivity contribution in [3.63, 3.8) is 0 Å². The highest BCUT2D eigenvalue weighted by molar-refractivity contribution is 5.76. The van der Waals surface area contributed by atoms with E-state index in [0.717, 1.165) is 64.3 Å². The summed E-state index contributed by atoms with van der Waals surface area (Å²) in [6.07, 6.45) is 0.477. The molecule has 4 rings (SSSR count). The van der Waals surface area contributed by atoms with Gasteiger partial charge in [-0.1, -0.05) is 17.7 Å². The normalized spacial score (nSPS) is 20.6. The van der Waals surface area contributed by atoms with Crippen LogP contribution in [-0.2, 0) is 11.0 Å². The molecule has 192 valence electrons. The van der Waals surface area contributed by atoms with E-state index in [1.807, 2.05) is 4.90 Å². The molecule has 1 N–H and O–H groups in total. The van der Waals surface area contributed by atoms with Crippen LogP contribution in [0.5, 0.6) is 0 Å². The number of nitrogens with zero attached hydrogens (tertiary/aromatic N) is 3. The van der Waals surface area contributed by atoms with Crippen LogP contribution >= 0.6 is 0 Å². The Kier molecular flexibility index (Phi) is 8.07. The minimum Gasteiger partial charge on any atom is -0.382 e. The standard InChI is InChI=1S/C28H33F3N4O/c1-20-2-11-25(12-3-20)34-14-16-35(17-15-34)27(36)13-6-21-4-8-23(9-5-21)33-24-10-7-22(19-32)26(18-24)28(29,30)31/h2-3,7,10-12,18,21,23,33H,4-6,8-9,13-17H2,1H3. The van der Waals surface area contributed by atoms with Crippen molar-refractivity contribution in [3.8, 4) is 6.07 Å². The van der Waals surface area contributed by atoms with Gasteiger partial charge in [0.1, 0.15) is 0 Å². The molecule has 8 heteroatoms. The predicted octanol–water partition coefficient (Wildman–Crippen LogP) is 5.99. The van der Waals surface area contributed by atoms with Crippen LogP contribution in [0.4, 0.5) is 24.5 Å². The predicted molar refractivity (Wildman–Crippen MR) is 135 cm³/mol. The van der Waals surface area contributed by atoms with Crippen LogP contribution in [0.3, 0.4) is 0 Å². The van der Waals surface area contributed by atoms with Gasteiger partial charge in [-0.2, -0.15) is 18.4 Å². The molecular weight excluding hydrogens is 465 g/mol. The number of anilines is 2. The molecule has 2 aromatic carbocycles. The van der Waals surface area contributed by atoms with Crippen molar-refractivity contribution in [2.75, 3.05) is 36.4 Å². The van der Waals surface area contributed by atoms with Crippen LogP contribution in [0, 0.1) is 24.2 Å². The maximum Gasteiger partial charge on any atom is 0.417 e. The Labute approximate surface area is 210 Å². The van der Waals surface area contributed by atoms with Gasteiger partial charge >= 0.3 is 6.18 Å². The number of rotatable bonds is 6. The van der Waals surface area contributed by atoms with Crippen LogP contribution < -0.4 is 10.2 Å². The lowest BCUT2D eigenvalue weighted by molar-refractivity contribution is -0.137. The first-order valence-electron chi connectivity index (χ1n) is 12.7. The van der Waals surface area contributed by atoms with E-state index >= 15 is 0 Å². The Morgan fingerprint density at radius 1 is 1.03 bits per heavy atom. The van der Waals surface area contributed by atoms with Gasteiger partial charge in [-0.05, 0) is 75.3 Å². The molecule has 1 saturated carbocycles. The van der Waals surface area contributed by atoms with Crippen molar-refractivity contribution < 1.29 is 18.0 Å². The van der Waals surface area contributed by atoms with E-state index in [1.165, 1.54) is 23.4 Å². The average Bonchev–Trinajstić information content (AvgIpc) is 2.88. The van der Waals surface area contributed by atoms with E-state index < -0.39 is 11.7 Å². The van der Waals surface area contributed by atoms with Gasteiger partial charge in [0.15, 0.2) is 0 Å². The highest BCUT2D eigenvalue weighted by Gasteiger charge is 2.34. The number of halogens is 3. The number of alkyl halides is 3. The SMILES string of the molecule is Cc1ccc(N2CCN(C(=O)CCC3CCC(Nc4ccc(C#N)c(C(F)(F)F)c4)CC3)CC2)cc1. The van der Waals surface area contributed by atoms with Crippen molar-refractivity contribution in [3.05, 3.63) is 59.2 Å². The molecule has 1 aliphatic carbocycles. The molecule has 5 nitrogen and oxygen atoms in total. The van der Waals surface area contributed by atoms with Gasteiger partial charge in [-0.15, -0.1) is 0 Å². The molecule has 2 aliphatic rings. The molecule has 1 amide bonds. The summed E-state index contributed by atoms with van der Waals surface area (Å²) < 4.78 is 39.7. The van der Waals surface area contributed by atoms with Crippen LogP contribution in [0.25, 0.3) is 0 Å². The first kappa shape index (κ1) is 25.9. The number of piperazine rings is 1. The average molecular weight is 499 g/mol. The molecule has 0 bridgehead atoms. The number of hydrogen-bond donors (Lipinski definition) is 1. The Morgan fingerprint density at radius 3 is 2.31 bits per heavy atom. The summed E-state index contributed by atoms with van der Waals surface area (Å²) >= 11 is 0. The summed E-state index contributed by atoms with van der Waals surface area (Å²) in [5.41, 5.74) is 1.57. The smallest absolute Gasteiger partial charge is 0.382 e. The van der Waals surface area contributed by atoms with E-state index in [2.05, 4.69) is 41.4 Å². The lowest BCUT2D eigenvalue weighted by atomic mass is 9.83. The highest BCUT2D eigenvalue weighted by Crippen LogP contribution is 2.35. The fraction of sp³-hybridized carbons (Fsp3) is 0.500. The maximum absolute atomic E-state index is 13.2. The molecule has 1 heterocycles. The second kappa shape index (κ2) is 11.2. The van der Waals surface area contributed by atoms with E-state index in [1.54, 1.807) is 6.07 Å². The summed E-state index contributed by atoms with van der Waals surface area (Å²) in [7, 11) is 0. The minimum atomic E-state index is -4.56. The number of nitriles is 1. The summed E-state index contributed by atoms with van der Waals surface area (Å²) in [5.74, 6) is 0.684. The topological polar surface area (TPSA) is 59.4 Å². The molecule has 2 aromatic rings. The molecule has 0 aromatic heterocycles. The quantitative estimate of drug-likeness (QED) is 0.532.